The van der Waals surface area contributed by atoms with Crippen LogP contribution in [0.1, 0.15) is 38.3 Å². The van der Waals surface area contributed by atoms with E-state index < -0.39 is 21.6 Å². The van der Waals surface area contributed by atoms with Gasteiger partial charge in [0, 0.05) is 70.4 Å². The smallest absolute Gasteiger partial charge is 0.288 e. The molecule has 7 nitrogen and oxygen atoms in total. The van der Waals surface area contributed by atoms with Crippen LogP contribution in [0.15, 0.2) is 11.1 Å². The van der Waals surface area contributed by atoms with Gasteiger partial charge in [-0.2, -0.15) is 18.2 Å². The Hall–Kier alpha value is -1.10. The second kappa shape index (κ2) is 6.70. The standard InChI is InChI=1S/C19H28F2N4O3S/c1-18(20,21)16-8-17(25(22-16)9-14-2-3-14)29(26,27)24-12-19(13-24)10-23(11-19)15-4-6-28-7-5-15/h8,14-15H,2-7,9-13H2,1H3. The Morgan fingerprint density at radius 3 is 2.41 bits per heavy atom. The van der Waals surface area contributed by atoms with Crippen LogP contribution in [0.3, 0.4) is 0 Å². The van der Waals surface area contributed by atoms with Crippen molar-refractivity contribution in [3.8, 4) is 0 Å². The Morgan fingerprint density at radius 1 is 1.17 bits per heavy atom. The van der Waals surface area contributed by atoms with E-state index >= 15 is 0 Å². The molecule has 0 bridgehead atoms. The molecule has 4 aliphatic rings. The molecule has 0 N–H and O–H groups in total. The number of hydrogen-bond acceptors (Lipinski definition) is 5. The molecule has 1 aromatic rings. The van der Waals surface area contributed by atoms with Crippen molar-refractivity contribution in [2.45, 2.75) is 56.1 Å². The van der Waals surface area contributed by atoms with Gasteiger partial charge in [-0.15, -0.1) is 0 Å². The lowest BCUT2D eigenvalue weighted by atomic mass is 9.73. The van der Waals surface area contributed by atoms with E-state index in [0.29, 0.717) is 31.6 Å². The van der Waals surface area contributed by atoms with Crippen LogP contribution >= 0.6 is 0 Å². The topological polar surface area (TPSA) is 67.7 Å². The van der Waals surface area contributed by atoms with Crippen LogP contribution in [-0.2, 0) is 27.2 Å². The minimum Gasteiger partial charge on any atom is -0.381 e. The summed E-state index contributed by atoms with van der Waals surface area (Å²) in [6, 6.07) is 1.60. The lowest BCUT2D eigenvalue weighted by molar-refractivity contribution is -0.116. The molecule has 4 heterocycles. The Kier molecular flexibility index (Phi) is 4.58. The summed E-state index contributed by atoms with van der Waals surface area (Å²) in [6.07, 6.45) is 4.05. The largest absolute Gasteiger partial charge is 0.381 e. The number of likely N-dealkylation sites (tertiary alicyclic amines) is 1. The van der Waals surface area contributed by atoms with Crippen LogP contribution in [0, 0.1) is 11.3 Å². The number of rotatable bonds is 6. The number of alkyl halides is 2. The van der Waals surface area contributed by atoms with E-state index in [2.05, 4.69) is 10.00 Å². The highest BCUT2D eigenvalue weighted by Gasteiger charge is 2.56. The first kappa shape index (κ1) is 19.8. The van der Waals surface area contributed by atoms with Gasteiger partial charge in [0.25, 0.3) is 15.9 Å². The maximum Gasteiger partial charge on any atom is 0.288 e. The van der Waals surface area contributed by atoms with Gasteiger partial charge < -0.3 is 4.74 Å². The van der Waals surface area contributed by atoms with Gasteiger partial charge in [-0.05, 0) is 31.6 Å². The third kappa shape index (κ3) is 3.62. The summed E-state index contributed by atoms with van der Waals surface area (Å²) in [5.74, 6) is -2.82. The average molecular weight is 431 g/mol. The molecule has 1 aliphatic carbocycles. The summed E-state index contributed by atoms with van der Waals surface area (Å²) < 4.78 is 62.1. The van der Waals surface area contributed by atoms with Crippen LogP contribution in [-0.4, -0.2) is 72.8 Å². The van der Waals surface area contributed by atoms with Gasteiger partial charge in [0.1, 0.15) is 5.69 Å². The van der Waals surface area contributed by atoms with Gasteiger partial charge >= 0.3 is 0 Å². The lowest BCUT2D eigenvalue weighted by Crippen LogP contribution is -2.74. The van der Waals surface area contributed by atoms with Crippen molar-refractivity contribution in [1.29, 1.82) is 0 Å². The molecule has 0 unspecified atom stereocenters. The van der Waals surface area contributed by atoms with E-state index in [4.69, 9.17) is 4.74 Å². The van der Waals surface area contributed by atoms with E-state index in [9.17, 15) is 17.2 Å². The molecular weight excluding hydrogens is 402 g/mol. The number of halogens is 2. The van der Waals surface area contributed by atoms with E-state index in [1.54, 1.807) is 0 Å². The number of hydrogen-bond donors (Lipinski definition) is 0. The minimum absolute atomic E-state index is 0.0181. The summed E-state index contributed by atoms with van der Waals surface area (Å²) in [5.41, 5.74) is -0.453. The van der Waals surface area contributed by atoms with Crippen LogP contribution in [0.25, 0.3) is 0 Å². The Morgan fingerprint density at radius 2 is 1.83 bits per heavy atom. The number of ether oxygens (including phenoxy) is 1. The third-order valence-electron chi connectivity index (χ3n) is 6.73. The number of aromatic nitrogens is 2. The minimum atomic E-state index is -3.82. The molecule has 3 saturated heterocycles. The zero-order valence-electron chi connectivity index (χ0n) is 16.7. The van der Waals surface area contributed by atoms with Crippen molar-refractivity contribution >= 4 is 10.0 Å². The zero-order chi connectivity index (χ0) is 20.4. The maximum absolute atomic E-state index is 13.8. The first-order valence-corrected chi connectivity index (χ1v) is 11.9. The summed E-state index contributed by atoms with van der Waals surface area (Å²) in [4.78, 5) is 2.43. The van der Waals surface area contributed by atoms with Crippen molar-refractivity contribution in [1.82, 2.24) is 19.0 Å². The Balaban J connectivity index is 1.28. The summed E-state index contributed by atoms with van der Waals surface area (Å²) in [6.45, 7) is 5.47. The Labute approximate surface area is 170 Å². The summed E-state index contributed by atoms with van der Waals surface area (Å²) >= 11 is 0. The summed E-state index contributed by atoms with van der Waals surface area (Å²) in [5, 5.41) is 3.87. The van der Waals surface area contributed by atoms with Crippen LogP contribution < -0.4 is 0 Å². The molecule has 5 rings (SSSR count). The fourth-order valence-electron chi connectivity index (χ4n) is 4.83. The third-order valence-corrected chi connectivity index (χ3v) is 8.53. The number of sulfonamides is 1. The highest BCUT2D eigenvalue weighted by atomic mass is 32.2. The first-order chi connectivity index (χ1) is 13.7. The highest BCUT2D eigenvalue weighted by molar-refractivity contribution is 7.89. The van der Waals surface area contributed by atoms with Crippen molar-refractivity contribution in [3.05, 3.63) is 11.8 Å². The molecule has 1 saturated carbocycles. The molecule has 1 spiro atoms. The van der Waals surface area contributed by atoms with E-state index in [1.165, 1.54) is 8.99 Å². The van der Waals surface area contributed by atoms with Crippen LogP contribution in [0.4, 0.5) is 8.78 Å². The van der Waals surface area contributed by atoms with Crippen LogP contribution in [0.5, 0.6) is 0 Å². The van der Waals surface area contributed by atoms with Crippen molar-refractivity contribution < 1.29 is 21.9 Å². The predicted octanol–water partition coefficient (Wildman–Crippen LogP) is 1.89. The molecule has 3 aliphatic heterocycles. The molecule has 0 aromatic carbocycles. The molecular formula is C19H28F2N4O3S. The van der Waals surface area contributed by atoms with Crippen molar-refractivity contribution in [2.75, 3.05) is 39.4 Å². The first-order valence-electron chi connectivity index (χ1n) is 10.4. The van der Waals surface area contributed by atoms with Gasteiger partial charge in [-0.3, -0.25) is 9.58 Å². The zero-order valence-corrected chi connectivity index (χ0v) is 17.5. The normalized spacial score (nSPS) is 26.4. The second-order valence-corrected chi connectivity index (χ2v) is 11.3. The molecule has 162 valence electrons. The summed E-state index contributed by atoms with van der Waals surface area (Å²) in [7, 11) is -3.82. The molecule has 10 heteroatoms. The molecule has 4 fully saturated rings. The Bertz CT molecular complexity index is 874. The van der Waals surface area contributed by atoms with Gasteiger partial charge in [0.05, 0.1) is 0 Å². The fourth-order valence-corrected chi connectivity index (χ4v) is 6.62. The molecule has 29 heavy (non-hydrogen) atoms. The van der Waals surface area contributed by atoms with Gasteiger partial charge in [-0.25, -0.2) is 8.42 Å². The quantitative estimate of drug-likeness (QED) is 0.690. The monoisotopic (exact) mass is 430 g/mol. The SMILES string of the molecule is CC(F)(F)c1cc(S(=O)(=O)N2CC3(CN(C4CCOCC4)C3)C2)n(CC2CC2)n1. The van der Waals surface area contributed by atoms with Gasteiger partial charge in [-0.1, -0.05) is 0 Å². The molecule has 0 atom stereocenters. The number of nitrogens with zero attached hydrogens (tertiary/aromatic N) is 4. The lowest BCUT2D eigenvalue weighted by Gasteiger charge is -2.61. The molecule has 0 amide bonds. The fraction of sp³-hybridized carbons (Fsp3) is 0.842. The van der Waals surface area contributed by atoms with E-state index in [0.717, 1.165) is 65.0 Å². The van der Waals surface area contributed by atoms with Crippen molar-refractivity contribution in [3.63, 3.8) is 0 Å². The van der Waals surface area contributed by atoms with Crippen molar-refractivity contribution in [2.24, 2.45) is 11.3 Å². The van der Waals surface area contributed by atoms with Gasteiger partial charge in [0.15, 0.2) is 5.03 Å². The van der Waals surface area contributed by atoms with Gasteiger partial charge in [0.2, 0.25) is 0 Å². The molecule has 0 radical (unpaired) electrons. The van der Waals surface area contributed by atoms with Crippen LogP contribution in [0.2, 0.25) is 0 Å². The predicted molar refractivity (Wildman–Crippen MR) is 101 cm³/mol. The maximum atomic E-state index is 13.8. The average Bonchev–Trinajstić information content (AvgIpc) is 3.27. The molecule has 1 aromatic heterocycles. The highest BCUT2D eigenvalue weighted by Crippen LogP contribution is 2.44. The van der Waals surface area contributed by atoms with E-state index in [1.807, 2.05) is 0 Å². The second-order valence-electron chi connectivity index (χ2n) is 9.40. The van der Waals surface area contributed by atoms with E-state index in [-0.39, 0.29) is 10.4 Å².